The number of nitrogens with one attached hydrogen (secondary N) is 3. The van der Waals surface area contributed by atoms with Gasteiger partial charge in [-0.2, -0.15) is 0 Å². The average Bonchev–Trinajstić information content (AvgIpc) is 3.31. The van der Waals surface area contributed by atoms with Crippen LogP contribution in [0.15, 0.2) is 85.1 Å². The van der Waals surface area contributed by atoms with Gasteiger partial charge in [0.05, 0.1) is 11.0 Å². The Labute approximate surface area is 223 Å². The molecule has 1 aliphatic carbocycles. The number of anilines is 2. The van der Waals surface area contributed by atoms with Crippen LogP contribution in [0, 0.1) is 11.8 Å². The van der Waals surface area contributed by atoms with E-state index in [2.05, 4.69) is 35.6 Å². The number of rotatable bonds is 6. The smallest absolute Gasteiger partial charge is 0.272 e. The van der Waals surface area contributed by atoms with Crippen LogP contribution in [-0.4, -0.2) is 60.8 Å². The maximum atomic E-state index is 13.2. The fourth-order valence-corrected chi connectivity index (χ4v) is 5.25. The van der Waals surface area contributed by atoms with Crippen molar-refractivity contribution in [2.75, 3.05) is 18.4 Å². The summed E-state index contributed by atoms with van der Waals surface area (Å²) in [6.45, 7) is 1.16. The summed E-state index contributed by atoms with van der Waals surface area (Å²) in [6, 6.07) is 24.3. The van der Waals surface area contributed by atoms with Crippen molar-refractivity contribution in [2.24, 2.45) is 11.8 Å². The van der Waals surface area contributed by atoms with Crippen molar-refractivity contribution in [3.05, 3.63) is 96.4 Å². The van der Waals surface area contributed by atoms with Crippen LogP contribution < -0.4 is 10.6 Å². The van der Waals surface area contributed by atoms with E-state index in [0.29, 0.717) is 41.9 Å². The van der Waals surface area contributed by atoms with Gasteiger partial charge in [0.1, 0.15) is 17.1 Å². The van der Waals surface area contributed by atoms with Crippen LogP contribution in [0.25, 0.3) is 22.6 Å². The molecular formula is C29H24N8O2. The summed E-state index contributed by atoms with van der Waals surface area (Å²) in [5.41, 5.74) is 3.92. The minimum atomic E-state index is -0.244. The number of pyridine rings is 1. The second-order valence-corrected chi connectivity index (χ2v) is 9.80. The Morgan fingerprint density at radius 1 is 0.821 bits per heavy atom. The van der Waals surface area contributed by atoms with E-state index in [9.17, 15) is 9.59 Å². The maximum Gasteiger partial charge on any atom is 0.272 e. The molecule has 2 atom stereocenters. The van der Waals surface area contributed by atoms with Gasteiger partial charge >= 0.3 is 0 Å². The molecule has 1 saturated heterocycles. The lowest BCUT2D eigenvalue weighted by Crippen LogP contribution is -2.38. The fraction of sp³-hybridized carbons (Fsp3) is 0.172. The zero-order chi connectivity index (χ0) is 26.3. The van der Waals surface area contributed by atoms with Crippen LogP contribution in [0.1, 0.15) is 21.0 Å². The van der Waals surface area contributed by atoms with Crippen LogP contribution in [0.3, 0.4) is 0 Å². The predicted molar refractivity (Wildman–Crippen MR) is 145 cm³/mol. The highest BCUT2D eigenvalue weighted by Gasteiger charge is 2.57. The molecule has 2 aliphatic rings. The van der Waals surface area contributed by atoms with Crippen molar-refractivity contribution in [3.8, 4) is 11.5 Å². The molecular weight excluding hydrogens is 492 g/mol. The largest absolute Gasteiger partial charge is 0.347 e. The highest BCUT2D eigenvalue weighted by atomic mass is 16.2. The van der Waals surface area contributed by atoms with E-state index in [4.69, 9.17) is 0 Å². The zero-order valence-corrected chi connectivity index (χ0v) is 20.8. The van der Waals surface area contributed by atoms with Gasteiger partial charge in [-0.15, -0.1) is 0 Å². The Morgan fingerprint density at radius 3 is 2.44 bits per heavy atom. The lowest BCUT2D eigenvalue weighted by Gasteiger charge is -2.20. The maximum absolute atomic E-state index is 13.2. The number of aromatic nitrogens is 5. The average molecular weight is 517 g/mol. The lowest BCUT2D eigenvalue weighted by molar-refractivity contribution is 0.0763. The van der Waals surface area contributed by atoms with Crippen molar-refractivity contribution in [1.82, 2.24) is 35.1 Å². The SMILES string of the molecule is O=C(NC1C2CN(C(=O)c3cccc(-c4nc5ccccc5[nH]4)n3)CC21)c1ccnc(Nc2ccccc2)n1. The fourth-order valence-electron chi connectivity index (χ4n) is 5.25. The lowest BCUT2D eigenvalue weighted by atomic mass is 10.2. The molecule has 5 aromatic rings. The van der Waals surface area contributed by atoms with E-state index < -0.39 is 0 Å². The topological polar surface area (TPSA) is 129 Å². The van der Waals surface area contributed by atoms with Crippen molar-refractivity contribution >= 4 is 34.5 Å². The van der Waals surface area contributed by atoms with Crippen LogP contribution in [0.4, 0.5) is 11.6 Å². The highest BCUT2D eigenvalue weighted by Crippen LogP contribution is 2.46. The highest BCUT2D eigenvalue weighted by molar-refractivity contribution is 5.94. The molecule has 192 valence electrons. The summed E-state index contributed by atoms with van der Waals surface area (Å²) in [5, 5.41) is 6.19. The van der Waals surface area contributed by atoms with E-state index in [-0.39, 0.29) is 29.7 Å². The van der Waals surface area contributed by atoms with Gasteiger partial charge in [0, 0.05) is 42.9 Å². The second kappa shape index (κ2) is 9.32. The molecule has 1 aliphatic heterocycles. The van der Waals surface area contributed by atoms with Crippen molar-refractivity contribution in [3.63, 3.8) is 0 Å². The molecule has 10 nitrogen and oxygen atoms in total. The van der Waals surface area contributed by atoms with Crippen molar-refractivity contribution < 1.29 is 9.59 Å². The number of fused-ring (bicyclic) bond motifs is 2. The number of H-pyrrole nitrogens is 1. The Morgan fingerprint density at radius 2 is 1.62 bits per heavy atom. The standard InChI is InChI=1S/C29H24N8O2/c38-27(23-13-14-30-29(35-23)31-17-7-2-1-3-8-17)36-25-18-15-37(16-19(18)25)28(39)24-12-6-11-22(32-24)26-33-20-9-4-5-10-21(20)34-26/h1-14,18-19,25H,15-16H2,(H,33,34)(H,36,38)(H,30,31,35). The van der Waals surface area contributed by atoms with Gasteiger partial charge in [-0.05, 0) is 42.5 Å². The summed E-state index contributed by atoms with van der Waals surface area (Å²) < 4.78 is 0. The third kappa shape index (κ3) is 4.46. The van der Waals surface area contributed by atoms with Crippen molar-refractivity contribution in [1.29, 1.82) is 0 Å². The van der Waals surface area contributed by atoms with Crippen molar-refractivity contribution in [2.45, 2.75) is 6.04 Å². The molecule has 0 bridgehead atoms. The number of aromatic amines is 1. The Kier molecular flexibility index (Phi) is 5.50. The van der Waals surface area contributed by atoms with Gasteiger partial charge in [0.25, 0.3) is 11.8 Å². The molecule has 4 heterocycles. The Balaban J connectivity index is 0.975. The molecule has 2 fully saturated rings. The zero-order valence-electron chi connectivity index (χ0n) is 20.8. The quantitative estimate of drug-likeness (QED) is 0.314. The minimum absolute atomic E-state index is 0.0249. The number of hydrogen-bond acceptors (Lipinski definition) is 7. The first-order valence-corrected chi connectivity index (χ1v) is 12.8. The number of carbonyl (C=O) groups is 2. The molecule has 0 radical (unpaired) electrons. The molecule has 0 spiro atoms. The van der Waals surface area contributed by atoms with Gasteiger partial charge in [-0.1, -0.05) is 36.4 Å². The summed E-state index contributed by atoms with van der Waals surface area (Å²) >= 11 is 0. The molecule has 10 heteroatoms. The predicted octanol–water partition coefficient (Wildman–Crippen LogP) is 3.66. The first kappa shape index (κ1) is 23.0. The third-order valence-corrected chi connectivity index (χ3v) is 7.30. The molecule has 1 saturated carbocycles. The van der Waals surface area contributed by atoms with Crippen LogP contribution >= 0.6 is 0 Å². The molecule has 7 rings (SSSR count). The first-order chi connectivity index (χ1) is 19.1. The molecule has 3 N–H and O–H groups in total. The van der Waals surface area contributed by atoms with Gasteiger partial charge < -0.3 is 20.5 Å². The molecule has 2 aromatic carbocycles. The number of hydrogen-bond donors (Lipinski definition) is 3. The number of amides is 2. The summed E-state index contributed by atoms with van der Waals surface area (Å²) in [4.78, 5) is 48.9. The summed E-state index contributed by atoms with van der Waals surface area (Å²) in [7, 11) is 0. The van der Waals surface area contributed by atoms with E-state index in [1.54, 1.807) is 18.3 Å². The van der Waals surface area contributed by atoms with E-state index in [1.807, 2.05) is 71.6 Å². The number of para-hydroxylation sites is 3. The number of likely N-dealkylation sites (tertiary alicyclic amines) is 1. The van der Waals surface area contributed by atoms with Crippen LogP contribution in [0.5, 0.6) is 0 Å². The summed E-state index contributed by atoms with van der Waals surface area (Å²) in [5.74, 6) is 1.08. The first-order valence-electron chi connectivity index (χ1n) is 12.8. The number of imidazole rings is 1. The number of nitrogens with zero attached hydrogens (tertiary/aromatic N) is 5. The number of benzene rings is 2. The minimum Gasteiger partial charge on any atom is -0.347 e. The van der Waals surface area contributed by atoms with Gasteiger partial charge in [0.2, 0.25) is 5.95 Å². The van der Waals surface area contributed by atoms with E-state index >= 15 is 0 Å². The van der Waals surface area contributed by atoms with Gasteiger partial charge in [-0.25, -0.2) is 19.9 Å². The van der Waals surface area contributed by atoms with Crippen LogP contribution in [-0.2, 0) is 0 Å². The van der Waals surface area contributed by atoms with Crippen LogP contribution in [0.2, 0.25) is 0 Å². The molecule has 3 aromatic heterocycles. The third-order valence-electron chi connectivity index (χ3n) is 7.30. The molecule has 39 heavy (non-hydrogen) atoms. The van der Waals surface area contributed by atoms with Gasteiger partial charge in [-0.3, -0.25) is 9.59 Å². The number of piperidine rings is 1. The van der Waals surface area contributed by atoms with E-state index in [0.717, 1.165) is 16.7 Å². The normalized spacial score (nSPS) is 19.5. The summed E-state index contributed by atoms with van der Waals surface area (Å²) in [6.07, 6.45) is 1.56. The molecule has 2 amide bonds. The Hall–Kier alpha value is -5.12. The second-order valence-electron chi connectivity index (χ2n) is 9.80. The molecule has 2 unspecified atom stereocenters. The van der Waals surface area contributed by atoms with E-state index in [1.165, 1.54) is 0 Å². The Bertz CT molecular complexity index is 1660. The monoisotopic (exact) mass is 516 g/mol. The van der Waals surface area contributed by atoms with Gasteiger partial charge in [0.15, 0.2) is 5.82 Å². The number of carbonyl (C=O) groups excluding carboxylic acids is 2.